The molecule has 5 aliphatic rings. The van der Waals surface area contributed by atoms with Gasteiger partial charge < -0.3 is 27.0 Å². The number of nitrogens with zero attached hydrogens (tertiary/aromatic N) is 4. The van der Waals surface area contributed by atoms with Gasteiger partial charge in [0.05, 0.1) is 18.8 Å². The number of imide groups is 1. The molecule has 7 N–H and O–H groups in total. The summed E-state index contributed by atoms with van der Waals surface area (Å²) < 4.78 is 29.6. The van der Waals surface area contributed by atoms with Crippen LogP contribution in [-0.4, -0.2) is 111 Å². The minimum Gasteiger partial charge on any atom is -0.374 e. The van der Waals surface area contributed by atoms with Gasteiger partial charge in [-0.3, -0.25) is 39.4 Å². The standard InChI is InChI=1S/C24H34FN5O3.C21H24FN3O.CH5N/c25-20-13-18(27-21-3-4-23(32)28-24(21)33)1-2-19(20)17-7-11-29(12-8-17)14-16-5-9-30(10-6-16)15-22(26)31;1-23-14-19(22)20(25-17-9-3-2-4-10-17)16-8-5-7-15(13-16)18-11-6-12-24-21(18)26;1-2/h1-2,13,16-17,21,27H,3-12,14-15H2,(H2,26,31)(H,28,32,33);5,7-8,11,13-14,17H,1-4,6,9-10,12H2,(H,24,26);2H2,1H3/b;19-14+,25-20?;. The second-order valence-electron chi connectivity index (χ2n) is 16.3. The average molecular weight is 844 g/mol. The van der Waals surface area contributed by atoms with Crippen LogP contribution in [0.15, 0.2) is 70.6 Å². The van der Waals surface area contributed by atoms with Crippen molar-refractivity contribution in [2.75, 3.05) is 58.2 Å². The molecule has 0 radical (unpaired) electrons. The first-order chi connectivity index (χ1) is 29.6. The summed E-state index contributed by atoms with van der Waals surface area (Å²) in [5.41, 5.74) is 13.4. The van der Waals surface area contributed by atoms with E-state index in [0.29, 0.717) is 48.0 Å². The number of anilines is 1. The van der Waals surface area contributed by atoms with Crippen LogP contribution >= 0.6 is 0 Å². The molecule has 0 aromatic heterocycles. The molecule has 1 aliphatic carbocycles. The summed E-state index contributed by atoms with van der Waals surface area (Å²) in [7, 11) is 1.50. The molecule has 330 valence electrons. The molecule has 7 rings (SSSR count). The Morgan fingerprint density at radius 1 is 0.951 bits per heavy atom. The SMILES string of the molecule is C=N/C=C(/F)C(=NC1CCCCC1)c1cccc(C2=CCCNC2=O)c1.CN.NC(=O)CN1CCC(CN2CCC(c3ccc(NC4CCC(=O)NC4=O)cc3F)CC2)CC1. The van der Waals surface area contributed by atoms with E-state index in [9.17, 15) is 28.0 Å². The molecule has 0 spiro atoms. The molecule has 1 unspecified atom stereocenters. The number of rotatable bonds is 12. The number of hydrogen-bond donors (Lipinski definition) is 5. The lowest BCUT2D eigenvalue weighted by atomic mass is 9.88. The molecule has 15 heteroatoms. The fourth-order valence-electron chi connectivity index (χ4n) is 8.80. The molecule has 0 bridgehead atoms. The number of halogens is 2. The third-order valence-electron chi connectivity index (χ3n) is 12.0. The molecule has 3 saturated heterocycles. The molecule has 61 heavy (non-hydrogen) atoms. The van der Waals surface area contributed by atoms with Crippen LogP contribution in [0.25, 0.3) is 5.57 Å². The first-order valence-corrected chi connectivity index (χ1v) is 21.8. The van der Waals surface area contributed by atoms with Gasteiger partial charge in [-0.2, -0.15) is 0 Å². The zero-order chi connectivity index (χ0) is 43.7. The largest absolute Gasteiger partial charge is 0.374 e. The first kappa shape index (κ1) is 46.9. The number of nitrogens with two attached hydrogens (primary N) is 2. The number of likely N-dealkylation sites (tertiary alicyclic amines) is 2. The van der Waals surface area contributed by atoms with Gasteiger partial charge in [0.2, 0.25) is 17.7 Å². The number of carbonyl (C=O) groups is 4. The molecular formula is C46H63F2N9O4. The van der Waals surface area contributed by atoms with Crippen LogP contribution in [0.1, 0.15) is 99.7 Å². The molecule has 4 aliphatic heterocycles. The van der Waals surface area contributed by atoms with Crippen LogP contribution < -0.4 is 27.4 Å². The van der Waals surface area contributed by atoms with Crippen molar-refractivity contribution >= 4 is 47.3 Å². The maximum Gasteiger partial charge on any atom is 0.251 e. The first-order valence-electron chi connectivity index (χ1n) is 21.8. The normalized spacial score (nSPS) is 21.5. The molecule has 1 atom stereocenters. The van der Waals surface area contributed by atoms with Crippen molar-refractivity contribution in [2.45, 2.75) is 95.1 Å². The number of hydrogen-bond acceptors (Lipinski definition) is 10. The highest BCUT2D eigenvalue weighted by atomic mass is 19.1. The molecule has 2 aromatic rings. The number of carbonyl (C=O) groups excluding carboxylic acids is 4. The highest BCUT2D eigenvalue weighted by molar-refractivity contribution is 6.21. The van der Waals surface area contributed by atoms with Crippen LogP contribution in [0.4, 0.5) is 14.5 Å². The van der Waals surface area contributed by atoms with Crippen LogP contribution in [0.2, 0.25) is 0 Å². The lowest BCUT2D eigenvalue weighted by Gasteiger charge is -2.37. The Hall–Kier alpha value is -5.12. The average Bonchev–Trinajstić information content (AvgIpc) is 3.26. The summed E-state index contributed by atoms with van der Waals surface area (Å²) >= 11 is 0. The predicted molar refractivity (Wildman–Crippen MR) is 237 cm³/mol. The minimum absolute atomic E-state index is 0.0945. The summed E-state index contributed by atoms with van der Waals surface area (Å²) in [5.74, 6) is -0.882. The second kappa shape index (κ2) is 23.8. The van der Waals surface area contributed by atoms with Crippen molar-refractivity contribution in [3.8, 4) is 0 Å². The minimum atomic E-state index is -0.515. The van der Waals surface area contributed by atoms with E-state index in [1.807, 2.05) is 42.5 Å². The van der Waals surface area contributed by atoms with E-state index in [4.69, 9.17) is 10.7 Å². The number of piperidine rings is 3. The van der Waals surface area contributed by atoms with Gasteiger partial charge in [0.15, 0.2) is 5.83 Å². The fourth-order valence-corrected chi connectivity index (χ4v) is 8.80. The van der Waals surface area contributed by atoms with Crippen molar-refractivity contribution in [3.05, 3.63) is 83.1 Å². The number of primary amides is 1. The van der Waals surface area contributed by atoms with E-state index in [-0.39, 0.29) is 47.8 Å². The number of benzene rings is 2. The van der Waals surface area contributed by atoms with E-state index >= 15 is 0 Å². The molecule has 1 saturated carbocycles. The van der Waals surface area contributed by atoms with Crippen LogP contribution in [0.5, 0.6) is 0 Å². The third-order valence-corrected chi connectivity index (χ3v) is 12.0. The second-order valence-corrected chi connectivity index (χ2v) is 16.3. The van der Waals surface area contributed by atoms with Crippen molar-refractivity contribution in [1.82, 2.24) is 20.4 Å². The summed E-state index contributed by atoms with van der Waals surface area (Å²) in [6, 6.07) is 12.1. The van der Waals surface area contributed by atoms with Gasteiger partial charge in [-0.1, -0.05) is 49.6 Å². The molecule has 4 heterocycles. The van der Waals surface area contributed by atoms with Gasteiger partial charge in [-0.05, 0) is 132 Å². The molecule has 2 aromatic carbocycles. The van der Waals surface area contributed by atoms with Gasteiger partial charge in [-0.25, -0.2) is 8.78 Å². The summed E-state index contributed by atoms with van der Waals surface area (Å²) in [5, 5.41) is 8.20. The lowest BCUT2D eigenvalue weighted by Crippen LogP contribution is -2.47. The molecule has 4 fully saturated rings. The summed E-state index contributed by atoms with van der Waals surface area (Å²) in [6.45, 7) is 9.18. The Morgan fingerprint density at radius 3 is 2.33 bits per heavy atom. The van der Waals surface area contributed by atoms with Gasteiger partial charge in [0, 0.05) is 36.3 Å². The molecule has 13 nitrogen and oxygen atoms in total. The lowest BCUT2D eigenvalue weighted by molar-refractivity contribution is -0.133. The maximum atomic E-state index is 14.9. The number of amides is 4. The van der Waals surface area contributed by atoms with Crippen molar-refractivity contribution in [3.63, 3.8) is 0 Å². The number of aliphatic imine (C=N–C) groups is 2. The summed E-state index contributed by atoms with van der Waals surface area (Å²) in [4.78, 5) is 59.3. The Balaban J connectivity index is 0.000000228. The van der Waals surface area contributed by atoms with E-state index in [1.165, 1.54) is 19.5 Å². The predicted octanol–water partition coefficient (Wildman–Crippen LogP) is 5.22. The molecule has 4 amide bonds. The third kappa shape index (κ3) is 14.0. The van der Waals surface area contributed by atoms with Crippen molar-refractivity contribution in [1.29, 1.82) is 0 Å². The number of nitrogens with one attached hydrogen (secondary N) is 3. The summed E-state index contributed by atoms with van der Waals surface area (Å²) in [6.07, 6.45) is 14.0. The van der Waals surface area contributed by atoms with Gasteiger partial charge >= 0.3 is 0 Å². The van der Waals surface area contributed by atoms with Gasteiger partial charge in [0.25, 0.3) is 5.91 Å². The topological polar surface area (TPSA) is 188 Å². The maximum absolute atomic E-state index is 14.9. The monoisotopic (exact) mass is 843 g/mol. The zero-order valence-electron chi connectivity index (χ0n) is 35.5. The van der Waals surface area contributed by atoms with Crippen LogP contribution in [0, 0.1) is 11.7 Å². The van der Waals surface area contributed by atoms with Crippen LogP contribution in [-0.2, 0) is 19.2 Å². The van der Waals surface area contributed by atoms with E-state index in [1.54, 1.807) is 0 Å². The number of allylic oxidation sites excluding steroid dienone is 1. The Morgan fingerprint density at radius 2 is 1.67 bits per heavy atom. The smallest absolute Gasteiger partial charge is 0.251 e. The van der Waals surface area contributed by atoms with E-state index in [2.05, 4.69) is 43.2 Å². The highest BCUT2D eigenvalue weighted by Crippen LogP contribution is 2.33. The van der Waals surface area contributed by atoms with Crippen LogP contribution in [0.3, 0.4) is 0 Å². The zero-order valence-corrected chi connectivity index (χ0v) is 35.5. The highest BCUT2D eigenvalue weighted by Gasteiger charge is 2.29. The Kier molecular flexibility index (Phi) is 18.3. The van der Waals surface area contributed by atoms with Gasteiger partial charge in [-0.15, -0.1) is 0 Å². The molecular weight excluding hydrogens is 781 g/mol. The fraction of sp³-hybridized carbons (Fsp3) is 0.522. The Labute approximate surface area is 358 Å². The quantitative estimate of drug-likeness (QED) is 0.142. The van der Waals surface area contributed by atoms with Gasteiger partial charge in [0.1, 0.15) is 17.6 Å². The van der Waals surface area contributed by atoms with E-state index < -0.39 is 11.9 Å². The van der Waals surface area contributed by atoms with E-state index in [0.717, 1.165) is 108 Å². The Bertz CT molecular complexity index is 1930. The van der Waals surface area contributed by atoms with Crippen molar-refractivity contribution in [2.24, 2.45) is 27.4 Å². The van der Waals surface area contributed by atoms with Crippen molar-refractivity contribution < 1.29 is 28.0 Å².